The van der Waals surface area contributed by atoms with Crippen LogP contribution >= 0.6 is 56.9 Å². The summed E-state index contributed by atoms with van der Waals surface area (Å²) in [5.74, 6) is -0.307. The van der Waals surface area contributed by atoms with E-state index in [4.69, 9.17) is 4.74 Å². The molecule has 0 aromatic heterocycles. The molecule has 3 rings (SSSR count). The predicted octanol–water partition coefficient (Wildman–Crippen LogP) is 3.36. The number of benzene rings is 1. The van der Waals surface area contributed by atoms with E-state index in [9.17, 15) is 9.59 Å². The molecule has 1 aromatic carbocycles. The molecule has 0 bridgehead atoms. The third-order valence-corrected chi connectivity index (χ3v) is 8.46. The summed E-state index contributed by atoms with van der Waals surface area (Å²) in [6.45, 7) is 4.24. The summed E-state index contributed by atoms with van der Waals surface area (Å²) in [6, 6.07) is 9.06. The van der Waals surface area contributed by atoms with Crippen molar-refractivity contribution in [3.63, 3.8) is 0 Å². The minimum Gasteiger partial charge on any atom is -0.459 e. The van der Waals surface area contributed by atoms with Gasteiger partial charge in [-0.05, 0) is 19.4 Å². The maximum absolute atomic E-state index is 12.5. The number of thioether (sulfide) groups is 1. The quantitative estimate of drug-likeness (QED) is 0.254. The monoisotopic (exact) mass is 543 g/mol. The first-order chi connectivity index (χ1) is 10.2. The first kappa shape index (κ1) is 16.8. The van der Waals surface area contributed by atoms with Crippen molar-refractivity contribution < 1.29 is 14.3 Å². The van der Waals surface area contributed by atoms with Crippen molar-refractivity contribution >= 4 is 68.8 Å². The number of carbonyl (C=O) groups excluding carboxylic acids is 2. The zero-order chi connectivity index (χ0) is 16.1. The van der Waals surface area contributed by atoms with Crippen LogP contribution in [0.4, 0.5) is 0 Å². The van der Waals surface area contributed by atoms with Crippen molar-refractivity contribution in [1.29, 1.82) is 0 Å². The average molecular weight is 543 g/mol. The molecule has 118 valence electrons. The van der Waals surface area contributed by atoms with E-state index in [1.165, 1.54) is 0 Å². The van der Waals surface area contributed by atoms with Crippen LogP contribution in [0.25, 0.3) is 0 Å². The van der Waals surface area contributed by atoms with Crippen molar-refractivity contribution in [1.82, 2.24) is 4.90 Å². The number of ether oxygens (including phenoxy) is 1. The molecule has 2 heterocycles. The number of amides is 1. The molecule has 2 saturated heterocycles. The third-order valence-electron chi connectivity index (χ3n) is 3.88. The number of esters is 1. The molecule has 2 aliphatic rings. The van der Waals surface area contributed by atoms with E-state index >= 15 is 0 Å². The largest absolute Gasteiger partial charge is 0.459 e. The van der Waals surface area contributed by atoms with Gasteiger partial charge in [0.1, 0.15) is 18.0 Å². The molecule has 0 radical (unpaired) electrons. The molecule has 2 fully saturated rings. The van der Waals surface area contributed by atoms with Crippen LogP contribution in [0.2, 0.25) is 0 Å². The van der Waals surface area contributed by atoms with Gasteiger partial charge in [-0.15, -0.1) is 11.8 Å². The minimum atomic E-state index is -0.517. The van der Waals surface area contributed by atoms with Crippen molar-refractivity contribution in [2.75, 3.05) is 0 Å². The molecule has 2 aliphatic heterocycles. The Morgan fingerprint density at radius 3 is 2.59 bits per heavy atom. The second-order valence-corrected chi connectivity index (χ2v) is 13.1. The van der Waals surface area contributed by atoms with E-state index in [1.807, 2.05) is 44.2 Å². The van der Waals surface area contributed by atoms with E-state index in [-0.39, 0.29) is 28.6 Å². The summed E-state index contributed by atoms with van der Waals surface area (Å²) in [5.41, 5.74) is 0.947. The fourth-order valence-corrected chi connectivity index (χ4v) is 6.18. The van der Waals surface area contributed by atoms with E-state index in [0.717, 1.165) is 5.56 Å². The predicted molar refractivity (Wildman–Crippen MR) is 103 cm³/mol. The van der Waals surface area contributed by atoms with Crippen molar-refractivity contribution in [2.45, 2.75) is 38.0 Å². The lowest BCUT2D eigenvalue weighted by Crippen LogP contribution is -2.68. The number of carbonyl (C=O) groups is 2. The second-order valence-electron chi connectivity index (χ2n) is 5.90. The van der Waals surface area contributed by atoms with Crippen LogP contribution in [0.3, 0.4) is 0 Å². The van der Waals surface area contributed by atoms with Crippen LogP contribution in [-0.2, 0) is 20.9 Å². The Morgan fingerprint density at radius 1 is 1.32 bits per heavy atom. The summed E-state index contributed by atoms with van der Waals surface area (Å²) in [6.07, 6.45) is 0. The molecule has 2 atom stereocenters. The average Bonchev–Trinajstić information content (AvgIpc) is 2.76. The van der Waals surface area contributed by atoms with Gasteiger partial charge in [0, 0.05) is 4.75 Å². The highest BCUT2D eigenvalue weighted by molar-refractivity contribution is 14.2. The number of fused-ring (bicyclic) bond motifs is 1. The Bertz CT molecular complexity index is 620. The van der Waals surface area contributed by atoms with Crippen molar-refractivity contribution in [3.8, 4) is 0 Å². The molecule has 1 amide bonds. The number of β-lactam (4-membered cyclic amide) rings is 1. The molecule has 0 unspecified atom stereocenters. The molecule has 1 aromatic rings. The van der Waals surface area contributed by atoms with Crippen LogP contribution in [0.5, 0.6) is 0 Å². The lowest BCUT2D eigenvalue weighted by atomic mass is 9.98. The molecular formula is C15H15I2NO3S. The van der Waals surface area contributed by atoms with Crippen LogP contribution < -0.4 is 0 Å². The SMILES string of the molecule is CC1(C)S[C@H]2N(C(=O)C2(I)I)[C@H]1C(=O)OCc1ccccc1. The normalized spacial score (nSPS) is 28.0. The Hall–Kier alpha value is -0.0300. The Kier molecular flexibility index (Phi) is 4.43. The standard InChI is InChI=1S/C15H15I2NO3S/c1-14(2)10(18-12(20)15(16,17)13(18)22-14)11(19)21-8-9-6-4-3-5-7-9/h3-7,10,13H,8H2,1-2H3/t10-,13+/m0/s1. The lowest BCUT2D eigenvalue weighted by Gasteiger charge is -2.46. The van der Waals surface area contributed by atoms with Gasteiger partial charge in [0.05, 0.1) is 0 Å². The van der Waals surface area contributed by atoms with E-state index in [0.29, 0.717) is 0 Å². The smallest absolute Gasteiger partial charge is 0.330 e. The first-order valence-electron chi connectivity index (χ1n) is 6.84. The number of hydrogen-bond donors (Lipinski definition) is 0. The van der Waals surface area contributed by atoms with Crippen LogP contribution in [0.15, 0.2) is 30.3 Å². The summed E-state index contributed by atoms with van der Waals surface area (Å²) in [7, 11) is 0. The first-order valence-corrected chi connectivity index (χ1v) is 9.88. The summed E-state index contributed by atoms with van der Waals surface area (Å²) in [4.78, 5) is 26.6. The molecule has 0 aliphatic carbocycles. The van der Waals surface area contributed by atoms with Crippen LogP contribution in [0.1, 0.15) is 19.4 Å². The summed E-state index contributed by atoms with van der Waals surface area (Å²) >= 11 is 6.02. The van der Waals surface area contributed by atoms with Gasteiger partial charge in [0.25, 0.3) is 5.91 Å². The Balaban J connectivity index is 1.73. The fraction of sp³-hybridized carbons (Fsp3) is 0.467. The number of rotatable bonds is 3. The van der Waals surface area contributed by atoms with Crippen LogP contribution in [0, 0.1) is 0 Å². The molecule has 4 nitrogen and oxygen atoms in total. The van der Waals surface area contributed by atoms with Gasteiger partial charge in [-0.3, -0.25) is 4.79 Å². The molecule has 0 spiro atoms. The van der Waals surface area contributed by atoms with Crippen LogP contribution in [-0.4, -0.2) is 34.4 Å². The van der Waals surface area contributed by atoms with Gasteiger partial charge in [0.2, 0.25) is 0 Å². The number of halogens is 2. The molecular weight excluding hydrogens is 528 g/mol. The zero-order valence-electron chi connectivity index (χ0n) is 12.1. The highest BCUT2D eigenvalue weighted by Gasteiger charge is 2.70. The Morgan fingerprint density at radius 2 is 1.95 bits per heavy atom. The van der Waals surface area contributed by atoms with Gasteiger partial charge in [-0.2, -0.15) is 0 Å². The number of alkyl halides is 2. The molecule has 7 heteroatoms. The number of nitrogens with zero attached hydrogens (tertiary/aromatic N) is 1. The third kappa shape index (κ3) is 2.66. The molecule has 22 heavy (non-hydrogen) atoms. The van der Waals surface area contributed by atoms with Crippen molar-refractivity contribution in [2.24, 2.45) is 0 Å². The Labute approximate surface area is 161 Å². The summed E-state index contributed by atoms with van der Waals surface area (Å²) < 4.78 is 4.67. The maximum Gasteiger partial charge on any atom is 0.330 e. The lowest BCUT2D eigenvalue weighted by molar-refractivity contribution is -0.161. The maximum atomic E-state index is 12.5. The van der Waals surface area contributed by atoms with Gasteiger partial charge < -0.3 is 9.64 Å². The summed E-state index contributed by atoms with van der Waals surface area (Å²) in [5, 5.41) is 0.0328. The highest BCUT2D eigenvalue weighted by Crippen LogP contribution is 2.60. The van der Waals surface area contributed by atoms with E-state index < -0.39 is 7.47 Å². The van der Waals surface area contributed by atoms with E-state index in [1.54, 1.807) is 16.7 Å². The highest BCUT2D eigenvalue weighted by atomic mass is 127. The zero-order valence-corrected chi connectivity index (χ0v) is 17.2. The van der Waals surface area contributed by atoms with Gasteiger partial charge in [0.15, 0.2) is 1.43 Å². The van der Waals surface area contributed by atoms with Crippen molar-refractivity contribution in [3.05, 3.63) is 35.9 Å². The molecule has 0 N–H and O–H groups in total. The van der Waals surface area contributed by atoms with Gasteiger partial charge >= 0.3 is 5.97 Å². The second kappa shape index (κ2) is 5.80. The fourth-order valence-electron chi connectivity index (χ4n) is 2.77. The molecule has 0 saturated carbocycles. The topological polar surface area (TPSA) is 46.6 Å². The van der Waals surface area contributed by atoms with Gasteiger partial charge in [-0.25, -0.2) is 4.79 Å². The van der Waals surface area contributed by atoms with Gasteiger partial charge in [-0.1, -0.05) is 75.5 Å². The minimum absolute atomic E-state index is 0.0124. The van der Waals surface area contributed by atoms with E-state index in [2.05, 4.69) is 45.2 Å². The number of hydrogen-bond acceptors (Lipinski definition) is 4.